The van der Waals surface area contributed by atoms with Gasteiger partial charge in [0.15, 0.2) is 0 Å². The number of rotatable bonds is 5. The van der Waals surface area contributed by atoms with Crippen LogP contribution in [-0.4, -0.2) is 28.6 Å². The van der Waals surface area contributed by atoms with Crippen molar-refractivity contribution in [2.45, 2.75) is 13.3 Å². The number of carbonyl (C=O) groups excluding carboxylic acids is 1. The Bertz CT molecular complexity index is 440. The maximum absolute atomic E-state index is 11.0. The highest BCUT2D eigenvalue weighted by molar-refractivity contribution is 5.87. The van der Waals surface area contributed by atoms with Crippen molar-refractivity contribution < 1.29 is 19.4 Å². The number of carboxylic acids is 1. The molecule has 0 unspecified atom stereocenters. The van der Waals surface area contributed by atoms with E-state index in [1.165, 1.54) is 18.5 Å². The quantitative estimate of drug-likeness (QED) is 0.787. The molecule has 0 spiro atoms. The van der Waals surface area contributed by atoms with E-state index in [-0.39, 0.29) is 18.0 Å². The van der Waals surface area contributed by atoms with Crippen LogP contribution in [0.15, 0.2) is 24.5 Å². The predicted octanol–water partition coefficient (Wildman–Crippen LogP) is 1.75. The average molecular weight is 235 g/mol. The molecule has 1 aromatic rings. The third-order valence-electron chi connectivity index (χ3n) is 1.91. The fraction of sp³-hybridized carbons (Fsp3) is 0.250. The van der Waals surface area contributed by atoms with Gasteiger partial charge in [0.05, 0.1) is 18.6 Å². The number of carboxylic acid groups (broad SMARTS) is 1. The van der Waals surface area contributed by atoms with Crippen LogP contribution in [-0.2, 0) is 9.53 Å². The van der Waals surface area contributed by atoms with E-state index in [1.807, 2.05) is 0 Å². The molecule has 0 bridgehead atoms. The molecular formula is C12H13NO4. The van der Waals surface area contributed by atoms with Gasteiger partial charge >= 0.3 is 11.9 Å². The van der Waals surface area contributed by atoms with Crippen LogP contribution < -0.4 is 0 Å². The second kappa shape index (κ2) is 6.42. The minimum Gasteiger partial charge on any atom is -0.478 e. The lowest BCUT2D eigenvalue weighted by Gasteiger charge is -1.97. The van der Waals surface area contributed by atoms with Gasteiger partial charge in [-0.3, -0.25) is 9.78 Å². The lowest BCUT2D eigenvalue weighted by Crippen LogP contribution is -2.01. The minimum absolute atomic E-state index is 0.114. The van der Waals surface area contributed by atoms with Crippen molar-refractivity contribution in [3.63, 3.8) is 0 Å². The second-order valence-corrected chi connectivity index (χ2v) is 3.22. The highest BCUT2D eigenvalue weighted by atomic mass is 16.5. The summed E-state index contributed by atoms with van der Waals surface area (Å²) in [5.41, 5.74) is 0.748. The third-order valence-corrected chi connectivity index (χ3v) is 1.91. The molecule has 1 rings (SSSR count). The van der Waals surface area contributed by atoms with E-state index in [1.54, 1.807) is 19.1 Å². The molecule has 0 aliphatic heterocycles. The zero-order chi connectivity index (χ0) is 12.7. The van der Waals surface area contributed by atoms with Gasteiger partial charge in [-0.05, 0) is 18.6 Å². The summed E-state index contributed by atoms with van der Waals surface area (Å²) in [7, 11) is 0. The standard InChI is InChI=1S/C12H13NO4/c1-2-17-11(14)5-3-4-9-6-10(12(15)16)8-13-7-9/h3-4,6-8H,2,5H2,1H3,(H,15,16). The zero-order valence-electron chi connectivity index (χ0n) is 9.42. The van der Waals surface area contributed by atoms with Crippen molar-refractivity contribution in [2.24, 2.45) is 0 Å². The molecule has 5 nitrogen and oxygen atoms in total. The number of aromatic nitrogens is 1. The summed E-state index contributed by atoms with van der Waals surface area (Å²) >= 11 is 0. The number of hydrogen-bond acceptors (Lipinski definition) is 4. The van der Waals surface area contributed by atoms with E-state index in [4.69, 9.17) is 9.84 Å². The number of pyridine rings is 1. The number of ether oxygens (including phenoxy) is 1. The van der Waals surface area contributed by atoms with Crippen LogP contribution in [0.3, 0.4) is 0 Å². The van der Waals surface area contributed by atoms with Gasteiger partial charge in [-0.2, -0.15) is 0 Å². The highest BCUT2D eigenvalue weighted by Crippen LogP contribution is 2.05. The molecule has 0 saturated carbocycles. The lowest BCUT2D eigenvalue weighted by molar-refractivity contribution is -0.142. The normalized spacial score (nSPS) is 10.4. The van der Waals surface area contributed by atoms with Crippen LogP contribution in [0.25, 0.3) is 6.08 Å². The maximum Gasteiger partial charge on any atom is 0.337 e. The number of aromatic carboxylic acids is 1. The van der Waals surface area contributed by atoms with Gasteiger partial charge in [0.25, 0.3) is 0 Å². The van der Waals surface area contributed by atoms with Crippen molar-refractivity contribution in [3.8, 4) is 0 Å². The van der Waals surface area contributed by atoms with Gasteiger partial charge in [-0.1, -0.05) is 12.2 Å². The van der Waals surface area contributed by atoms with E-state index < -0.39 is 5.97 Å². The molecule has 90 valence electrons. The average Bonchev–Trinajstić information content (AvgIpc) is 2.30. The Labute approximate surface area is 98.7 Å². The molecule has 1 N–H and O–H groups in total. The van der Waals surface area contributed by atoms with Gasteiger partial charge in [-0.25, -0.2) is 4.79 Å². The summed E-state index contributed by atoms with van der Waals surface area (Å²) in [4.78, 5) is 25.5. The highest BCUT2D eigenvalue weighted by Gasteiger charge is 2.02. The van der Waals surface area contributed by atoms with Crippen molar-refractivity contribution in [1.29, 1.82) is 0 Å². The molecule has 1 aromatic heterocycles. The number of esters is 1. The molecule has 0 atom stereocenters. The van der Waals surface area contributed by atoms with Crippen molar-refractivity contribution in [3.05, 3.63) is 35.7 Å². The molecular weight excluding hydrogens is 222 g/mol. The summed E-state index contributed by atoms with van der Waals surface area (Å²) in [5.74, 6) is -1.34. The van der Waals surface area contributed by atoms with Gasteiger partial charge in [0.2, 0.25) is 0 Å². The van der Waals surface area contributed by atoms with Crippen molar-refractivity contribution in [1.82, 2.24) is 4.98 Å². The molecule has 5 heteroatoms. The number of carbonyl (C=O) groups is 2. The van der Waals surface area contributed by atoms with Gasteiger partial charge in [-0.15, -0.1) is 0 Å². The fourth-order valence-corrected chi connectivity index (χ4v) is 1.18. The Balaban J connectivity index is 2.62. The summed E-state index contributed by atoms with van der Waals surface area (Å²) in [6, 6.07) is 1.48. The number of nitrogens with zero attached hydrogens (tertiary/aromatic N) is 1. The van der Waals surface area contributed by atoms with E-state index >= 15 is 0 Å². The van der Waals surface area contributed by atoms with Crippen LogP contribution in [0.2, 0.25) is 0 Å². The van der Waals surface area contributed by atoms with Crippen LogP contribution in [0.1, 0.15) is 29.3 Å². The maximum atomic E-state index is 11.0. The van der Waals surface area contributed by atoms with Gasteiger partial charge in [0, 0.05) is 12.4 Å². The molecule has 0 aliphatic rings. The Morgan fingerprint density at radius 2 is 2.24 bits per heavy atom. The summed E-state index contributed by atoms with van der Waals surface area (Å²) in [5, 5.41) is 8.75. The summed E-state index contributed by atoms with van der Waals surface area (Å²) in [6.07, 6.45) is 6.20. The molecule has 0 saturated heterocycles. The fourth-order valence-electron chi connectivity index (χ4n) is 1.18. The number of hydrogen-bond donors (Lipinski definition) is 1. The molecule has 17 heavy (non-hydrogen) atoms. The van der Waals surface area contributed by atoms with E-state index in [2.05, 4.69) is 4.98 Å². The Kier molecular flexibility index (Phi) is 4.87. The Morgan fingerprint density at radius 3 is 2.88 bits per heavy atom. The van der Waals surface area contributed by atoms with Crippen molar-refractivity contribution >= 4 is 18.0 Å². The minimum atomic E-state index is -1.03. The monoisotopic (exact) mass is 235 g/mol. The first-order chi connectivity index (χ1) is 8.13. The van der Waals surface area contributed by atoms with E-state index in [9.17, 15) is 9.59 Å². The first kappa shape index (κ1) is 12.9. The SMILES string of the molecule is CCOC(=O)CC=Cc1cncc(C(=O)O)c1. The Hall–Kier alpha value is -2.17. The predicted molar refractivity (Wildman–Crippen MR) is 61.5 cm³/mol. The van der Waals surface area contributed by atoms with Crippen LogP contribution in [0.4, 0.5) is 0 Å². The van der Waals surface area contributed by atoms with Gasteiger partial charge < -0.3 is 9.84 Å². The molecule has 0 amide bonds. The molecule has 0 fully saturated rings. The summed E-state index contributed by atoms with van der Waals surface area (Å²) < 4.78 is 4.74. The first-order valence-corrected chi connectivity index (χ1v) is 5.14. The lowest BCUT2D eigenvalue weighted by atomic mass is 10.2. The third kappa shape index (κ3) is 4.46. The molecule has 0 radical (unpaired) electrons. The first-order valence-electron chi connectivity index (χ1n) is 5.14. The van der Waals surface area contributed by atoms with Crippen LogP contribution in [0.5, 0.6) is 0 Å². The van der Waals surface area contributed by atoms with Crippen LogP contribution in [0, 0.1) is 0 Å². The smallest absolute Gasteiger partial charge is 0.337 e. The van der Waals surface area contributed by atoms with Crippen molar-refractivity contribution in [2.75, 3.05) is 6.61 Å². The summed E-state index contributed by atoms with van der Waals surface area (Å²) in [6.45, 7) is 2.09. The van der Waals surface area contributed by atoms with E-state index in [0.29, 0.717) is 12.2 Å². The second-order valence-electron chi connectivity index (χ2n) is 3.22. The largest absolute Gasteiger partial charge is 0.478 e. The van der Waals surface area contributed by atoms with Crippen LogP contribution >= 0.6 is 0 Å². The topological polar surface area (TPSA) is 76.5 Å². The van der Waals surface area contributed by atoms with E-state index in [0.717, 1.165) is 0 Å². The molecule has 0 aliphatic carbocycles. The zero-order valence-corrected chi connectivity index (χ0v) is 9.42. The molecule has 1 heterocycles. The Morgan fingerprint density at radius 1 is 1.47 bits per heavy atom. The molecule has 0 aromatic carbocycles. The van der Waals surface area contributed by atoms with Gasteiger partial charge in [0.1, 0.15) is 0 Å².